The number of benzene rings is 1. The van der Waals surface area contributed by atoms with Gasteiger partial charge in [-0.3, -0.25) is 4.79 Å². The lowest BCUT2D eigenvalue weighted by atomic mass is 10.1. The molecule has 2 N–H and O–H groups in total. The van der Waals surface area contributed by atoms with Crippen LogP contribution in [0.1, 0.15) is 62.2 Å². The van der Waals surface area contributed by atoms with Crippen LogP contribution in [0.15, 0.2) is 24.3 Å². The van der Waals surface area contributed by atoms with Crippen LogP contribution in [0, 0.1) is 0 Å². The fraction of sp³-hybridized carbons (Fsp3) is 0.556. The second kappa shape index (κ2) is 10.6. The average molecular weight is 321 g/mol. The van der Waals surface area contributed by atoms with E-state index in [2.05, 4.69) is 12.2 Å². The molecular weight excluding hydrogens is 294 g/mol. The number of methoxy groups -OCH3 is 1. The molecule has 5 nitrogen and oxygen atoms in total. The van der Waals surface area contributed by atoms with Crippen LogP contribution >= 0.6 is 0 Å². The van der Waals surface area contributed by atoms with Crippen LogP contribution in [-0.4, -0.2) is 30.1 Å². The molecule has 0 saturated heterocycles. The number of aromatic hydroxyl groups is 1. The molecular formula is C18H27NO4. The Morgan fingerprint density at radius 3 is 2.30 bits per heavy atom. The Hall–Kier alpha value is -2.04. The van der Waals surface area contributed by atoms with Crippen molar-refractivity contribution in [2.45, 2.75) is 57.9 Å². The van der Waals surface area contributed by atoms with Crippen LogP contribution in [0.25, 0.3) is 0 Å². The summed E-state index contributed by atoms with van der Waals surface area (Å²) in [4.78, 5) is 24.0. The maximum atomic E-state index is 12.2. The van der Waals surface area contributed by atoms with Gasteiger partial charge in [0.25, 0.3) is 5.91 Å². The number of phenolic OH excluding ortho intramolecular Hbond substituents is 1. The Kier molecular flexibility index (Phi) is 8.80. The Balaban J connectivity index is 2.49. The van der Waals surface area contributed by atoms with Crippen molar-refractivity contribution in [3.8, 4) is 5.75 Å². The van der Waals surface area contributed by atoms with E-state index in [1.807, 2.05) is 0 Å². The molecule has 0 radical (unpaired) electrons. The Morgan fingerprint density at radius 1 is 1.09 bits per heavy atom. The number of rotatable bonds is 10. The van der Waals surface area contributed by atoms with E-state index in [4.69, 9.17) is 4.74 Å². The first-order valence-corrected chi connectivity index (χ1v) is 8.26. The highest BCUT2D eigenvalue weighted by molar-refractivity contribution is 5.96. The summed E-state index contributed by atoms with van der Waals surface area (Å²) in [5, 5.41) is 12.0. The van der Waals surface area contributed by atoms with Gasteiger partial charge in [-0.25, -0.2) is 4.79 Å². The van der Waals surface area contributed by atoms with Crippen molar-refractivity contribution >= 4 is 11.9 Å². The highest BCUT2D eigenvalue weighted by atomic mass is 16.5. The molecule has 0 fully saturated rings. The minimum absolute atomic E-state index is 0.0955. The topological polar surface area (TPSA) is 75.6 Å². The molecule has 0 aliphatic carbocycles. The molecule has 0 saturated carbocycles. The van der Waals surface area contributed by atoms with E-state index in [9.17, 15) is 14.7 Å². The summed E-state index contributed by atoms with van der Waals surface area (Å²) in [5.74, 6) is -0.671. The van der Waals surface area contributed by atoms with Crippen LogP contribution in [0.2, 0.25) is 0 Å². The van der Waals surface area contributed by atoms with E-state index in [1.165, 1.54) is 50.6 Å². The Bertz CT molecular complexity index is 484. The largest absolute Gasteiger partial charge is 0.508 e. The lowest BCUT2D eigenvalue weighted by molar-refractivity contribution is -0.143. The normalized spacial score (nSPS) is 11.7. The standard InChI is InChI=1S/C18H27NO4/c1-3-4-5-6-7-8-9-16(18(22)23-2)19-17(21)14-10-12-15(20)13-11-14/h10-13,16,20H,3-9H2,1-2H3,(H,19,21)/t16-/m0/s1. The number of carbonyl (C=O) groups is 2. The van der Waals surface area contributed by atoms with Gasteiger partial charge in [0.15, 0.2) is 0 Å². The van der Waals surface area contributed by atoms with Crippen molar-refractivity contribution in [3.05, 3.63) is 29.8 Å². The van der Waals surface area contributed by atoms with Gasteiger partial charge in [-0.05, 0) is 30.7 Å². The molecule has 1 atom stereocenters. The van der Waals surface area contributed by atoms with E-state index in [1.54, 1.807) is 0 Å². The molecule has 0 aliphatic heterocycles. The van der Waals surface area contributed by atoms with Crippen molar-refractivity contribution in [3.63, 3.8) is 0 Å². The van der Waals surface area contributed by atoms with Gasteiger partial charge in [0, 0.05) is 5.56 Å². The van der Waals surface area contributed by atoms with Crippen LogP contribution in [-0.2, 0) is 9.53 Å². The number of esters is 1. The van der Waals surface area contributed by atoms with E-state index in [0.29, 0.717) is 12.0 Å². The average Bonchev–Trinajstić information content (AvgIpc) is 2.56. The predicted octanol–water partition coefficient (Wildman–Crippen LogP) is 3.41. The second-order valence-corrected chi connectivity index (χ2v) is 5.65. The summed E-state index contributed by atoms with van der Waals surface area (Å²) in [6, 6.07) is 5.28. The van der Waals surface area contributed by atoms with Gasteiger partial charge >= 0.3 is 5.97 Å². The molecule has 1 amide bonds. The van der Waals surface area contributed by atoms with Crippen LogP contribution < -0.4 is 5.32 Å². The van der Waals surface area contributed by atoms with E-state index < -0.39 is 12.0 Å². The van der Waals surface area contributed by atoms with Crippen molar-refractivity contribution in [2.24, 2.45) is 0 Å². The highest BCUT2D eigenvalue weighted by Crippen LogP contribution is 2.12. The summed E-state index contributed by atoms with van der Waals surface area (Å²) >= 11 is 0. The minimum atomic E-state index is -0.632. The quantitative estimate of drug-likeness (QED) is 0.511. The fourth-order valence-corrected chi connectivity index (χ4v) is 2.37. The van der Waals surface area contributed by atoms with Gasteiger partial charge in [0.1, 0.15) is 11.8 Å². The zero-order chi connectivity index (χ0) is 17.1. The molecule has 0 bridgehead atoms. The maximum Gasteiger partial charge on any atom is 0.328 e. The van der Waals surface area contributed by atoms with Gasteiger partial charge in [-0.15, -0.1) is 0 Å². The minimum Gasteiger partial charge on any atom is -0.508 e. The summed E-state index contributed by atoms with van der Waals surface area (Å²) in [7, 11) is 1.32. The van der Waals surface area contributed by atoms with Crippen LogP contribution in [0.4, 0.5) is 0 Å². The number of hydrogen-bond acceptors (Lipinski definition) is 4. The van der Waals surface area contributed by atoms with E-state index >= 15 is 0 Å². The third-order valence-electron chi connectivity index (χ3n) is 3.77. The molecule has 1 aromatic carbocycles. The lowest BCUT2D eigenvalue weighted by Gasteiger charge is -2.16. The molecule has 23 heavy (non-hydrogen) atoms. The van der Waals surface area contributed by atoms with Crippen LogP contribution in [0.3, 0.4) is 0 Å². The zero-order valence-electron chi connectivity index (χ0n) is 14.0. The number of carbonyl (C=O) groups excluding carboxylic acids is 2. The number of ether oxygens (including phenoxy) is 1. The lowest BCUT2D eigenvalue weighted by Crippen LogP contribution is -2.41. The number of amides is 1. The molecule has 128 valence electrons. The fourth-order valence-electron chi connectivity index (χ4n) is 2.37. The molecule has 0 aliphatic rings. The van der Waals surface area contributed by atoms with E-state index in [-0.39, 0.29) is 11.7 Å². The van der Waals surface area contributed by atoms with Gasteiger partial charge in [0.2, 0.25) is 0 Å². The second-order valence-electron chi connectivity index (χ2n) is 5.65. The third-order valence-corrected chi connectivity index (χ3v) is 3.77. The SMILES string of the molecule is CCCCCCCC[C@H](NC(=O)c1ccc(O)cc1)C(=O)OC. The highest BCUT2D eigenvalue weighted by Gasteiger charge is 2.21. The molecule has 0 unspecified atom stereocenters. The molecule has 0 heterocycles. The molecule has 5 heteroatoms. The third kappa shape index (κ3) is 7.17. The molecule has 0 aromatic heterocycles. The van der Waals surface area contributed by atoms with Gasteiger partial charge in [-0.1, -0.05) is 45.4 Å². The van der Waals surface area contributed by atoms with Crippen molar-refractivity contribution in [2.75, 3.05) is 7.11 Å². The van der Waals surface area contributed by atoms with Crippen molar-refractivity contribution in [1.29, 1.82) is 0 Å². The number of phenols is 1. The zero-order valence-corrected chi connectivity index (χ0v) is 14.0. The number of nitrogens with one attached hydrogen (secondary N) is 1. The van der Waals surface area contributed by atoms with Crippen LogP contribution in [0.5, 0.6) is 5.75 Å². The summed E-state index contributed by atoms with van der Waals surface area (Å²) < 4.78 is 4.77. The molecule has 0 spiro atoms. The molecule has 1 rings (SSSR count). The summed E-state index contributed by atoms with van der Waals surface area (Å²) in [5.41, 5.74) is 0.402. The first kappa shape index (κ1) is 19.0. The summed E-state index contributed by atoms with van der Waals surface area (Å²) in [6.45, 7) is 2.17. The number of hydrogen-bond donors (Lipinski definition) is 2. The first-order chi connectivity index (χ1) is 11.1. The molecule has 1 aromatic rings. The van der Waals surface area contributed by atoms with E-state index in [0.717, 1.165) is 19.3 Å². The Labute approximate surface area is 138 Å². The predicted molar refractivity (Wildman–Crippen MR) is 89.4 cm³/mol. The van der Waals surface area contributed by atoms with Gasteiger partial charge in [0.05, 0.1) is 7.11 Å². The van der Waals surface area contributed by atoms with Gasteiger partial charge < -0.3 is 15.2 Å². The Morgan fingerprint density at radius 2 is 1.70 bits per heavy atom. The number of unbranched alkanes of at least 4 members (excludes halogenated alkanes) is 5. The van der Waals surface area contributed by atoms with Crippen molar-refractivity contribution in [1.82, 2.24) is 5.32 Å². The van der Waals surface area contributed by atoms with Gasteiger partial charge in [-0.2, -0.15) is 0 Å². The summed E-state index contributed by atoms with van der Waals surface area (Å²) in [6.07, 6.45) is 7.28. The smallest absolute Gasteiger partial charge is 0.328 e. The monoisotopic (exact) mass is 321 g/mol. The van der Waals surface area contributed by atoms with Crippen molar-refractivity contribution < 1.29 is 19.4 Å². The maximum absolute atomic E-state index is 12.2. The first-order valence-electron chi connectivity index (χ1n) is 8.26.